The molecule has 0 saturated heterocycles. The number of benzene rings is 2. The minimum Gasteiger partial charge on any atom is -0.301 e. The number of rotatable bonds is 6. The van der Waals surface area contributed by atoms with Crippen molar-refractivity contribution < 1.29 is 4.79 Å². The summed E-state index contributed by atoms with van der Waals surface area (Å²) >= 11 is 2.71. The summed E-state index contributed by atoms with van der Waals surface area (Å²) in [7, 11) is 0. The highest BCUT2D eigenvalue weighted by Gasteiger charge is 2.17. The van der Waals surface area contributed by atoms with Crippen molar-refractivity contribution in [3.63, 3.8) is 0 Å². The average Bonchev–Trinajstić information content (AvgIpc) is 3.39. The van der Waals surface area contributed by atoms with Crippen molar-refractivity contribution >= 4 is 61.0 Å². The van der Waals surface area contributed by atoms with Crippen LogP contribution in [-0.4, -0.2) is 35.8 Å². The van der Waals surface area contributed by atoms with Crippen LogP contribution in [0.2, 0.25) is 0 Å². The number of allylic oxidation sites excluding steroid dienone is 1. The quantitative estimate of drug-likeness (QED) is 0.292. The average molecular weight is 477 g/mol. The molecule has 5 rings (SSSR count). The number of thioether (sulfide) groups is 1. The van der Waals surface area contributed by atoms with Crippen LogP contribution in [-0.2, 0) is 11.3 Å². The van der Waals surface area contributed by atoms with E-state index in [-0.39, 0.29) is 17.2 Å². The van der Waals surface area contributed by atoms with Crippen molar-refractivity contribution in [1.82, 2.24) is 24.1 Å². The molecule has 0 bridgehead atoms. The first-order chi connectivity index (χ1) is 16.0. The highest BCUT2D eigenvalue weighted by Crippen LogP contribution is 2.29. The number of para-hydroxylation sites is 1. The molecule has 3 heterocycles. The number of fused-ring (bicyclic) bond motifs is 4. The molecule has 0 aliphatic rings. The molecule has 0 aliphatic carbocycles. The third-order valence-corrected chi connectivity index (χ3v) is 7.05. The van der Waals surface area contributed by atoms with E-state index in [0.29, 0.717) is 33.5 Å². The van der Waals surface area contributed by atoms with Gasteiger partial charge in [-0.3, -0.25) is 18.6 Å². The van der Waals surface area contributed by atoms with Crippen molar-refractivity contribution in [2.24, 2.45) is 0 Å². The first-order valence-corrected chi connectivity index (χ1v) is 12.0. The molecule has 0 aliphatic heterocycles. The number of aryl methyl sites for hydroxylation is 2. The fourth-order valence-corrected chi connectivity index (χ4v) is 5.63. The zero-order chi connectivity index (χ0) is 23.1. The van der Waals surface area contributed by atoms with Gasteiger partial charge in [-0.2, -0.15) is 0 Å². The summed E-state index contributed by atoms with van der Waals surface area (Å²) in [6.07, 6.45) is 1.65. The molecule has 166 valence electrons. The van der Waals surface area contributed by atoms with Crippen LogP contribution in [0.15, 0.2) is 59.0 Å². The number of hydrogen-bond donors (Lipinski definition) is 1. The Hall–Kier alpha value is -3.50. The Kier molecular flexibility index (Phi) is 5.47. The maximum absolute atomic E-state index is 12.9. The number of anilines is 1. The number of carbonyl (C=O) groups excluding carboxylic acids is 1. The Morgan fingerprint density at radius 1 is 1.24 bits per heavy atom. The van der Waals surface area contributed by atoms with Gasteiger partial charge in [0.05, 0.1) is 26.9 Å². The van der Waals surface area contributed by atoms with E-state index in [1.807, 2.05) is 36.4 Å². The third-order valence-electron chi connectivity index (χ3n) is 5.20. The van der Waals surface area contributed by atoms with Crippen molar-refractivity contribution in [3.05, 3.63) is 70.5 Å². The molecular weight excluding hydrogens is 456 g/mol. The number of nitrogens with zero attached hydrogens (tertiary/aromatic N) is 5. The largest absolute Gasteiger partial charge is 0.301 e. The normalized spacial score (nSPS) is 11.5. The van der Waals surface area contributed by atoms with Crippen LogP contribution in [0.25, 0.3) is 26.9 Å². The van der Waals surface area contributed by atoms with Crippen LogP contribution < -0.4 is 10.9 Å². The Labute approximate surface area is 197 Å². The highest BCUT2D eigenvalue weighted by molar-refractivity contribution is 7.99. The van der Waals surface area contributed by atoms with Crippen molar-refractivity contribution in [1.29, 1.82) is 0 Å². The van der Waals surface area contributed by atoms with Gasteiger partial charge in [0.25, 0.3) is 5.56 Å². The lowest BCUT2D eigenvalue weighted by atomic mass is 10.1. The van der Waals surface area contributed by atoms with Crippen molar-refractivity contribution in [2.75, 3.05) is 11.1 Å². The number of nitrogens with one attached hydrogen (secondary N) is 1. The number of aromatic nitrogens is 5. The van der Waals surface area contributed by atoms with Crippen LogP contribution in [0, 0.1) is 13.8 Å². The zero-order valence-electron chi connectivity index (χ0n) is 18.0. The minimum atomic E-state index is -0.186. The summed E-state index contributed by atoms with van der Waals surface area (Å²) in [5.41, 5.74) is 3.70. The molecule has 0 spiro atoms. The van der Waals surface area contributed by atoms with E-state index in [4.69, 9.17) is 0 Å². The molecule has 5 aromatic rings. The van der Waals surface area contributed by atoms with Gasteiger partial charge in [0, 0.05) is 6.54 Å². The number of hydrogen-bond acceptors (Lipinski definition) is 7. The summed E-state index contributed by atoms with van der Waals surface area (Å²) in [5.74, 6) is 0.358. The monoisotopic (exact) mass is 476 g/mol. The molecule has 10 heteroatoms. The molecule has 1 amide bonds. The van der Waals surface area contributed by atoms with Crippen molar-refractivity contribution in [2.45, 2.75) is 25.5 Å². The summed E-state index contributed by atoms with van der Waals surface area (Å²) in [5, 5.41) is 13.0. The first kappa shape index (κ1) is 21.4. The summed E-state index contributed by atoms with van der Waals surface area (Å²) in [6, 6.07) is 11.4. The molecule has 33 heavy (non-hydrogen) atoms. The summed E-state index contributed by atoms with van der Waals surface area (Å²) < 4.78 is 4.38. The molecule has 3 aromatic heterocycles. The van der Waals surface area contributed by atoms with Gasteiger partial charge >= 0.3 is 0 Å². The maximum Gasteiger partial charge on any atom is 0.263 e. The van der Waals surface area contributed by atoms with Gasteiger partial charge in [-0.15, -0.1) is 16.8 Å². The molecule has 0 atom stereocenters. The van der Waals surface area contributed by atoms with Crippen LogP contribution >= 0.6 is 23.1 Å². The Bertz CT molecular complexity index is 1610. The second-order valence-electron chi connectivity index (χ2n) is 7.62. The van der Waals surface area contributed by atoms with E-state index in [1.165, 1.54) is 27.7 Å². The van der Waals surface area contributed by atoms with Crippen LogP contribution in [0.1, 0.15) is 11.1 Å². The molecular formula is C23H20N6O2S2. The standard InChI is InChI=1S/C23H20N6O2S2/c1-4-9-28-20(31)15-7-5-6-8-16(15)29-22(28)26-27-23(29)32-12-18(30)24-21-25-19-14(3)10-13(2)11-17(19)33-21/h4-8,10-11H,1,9,12H2,2-3H3,(H,24,25,30). The molecule has 0 radical (unpaired) electrons. The topological polar surface area (TPSA) is 94.2 Å². The smallest absolute Gasteiger partial charge is 0.263 e. The van der Waals surface area contributed by atoms with Gasteiger partial charge in [0.2, 0.25) is 11.7 Å². The maximum atomic E-state index is 12.9. The van der Waals surface area contributed by atoms with Gasteiger partial charge < -0.3 is 5.32 Å². The first-order valence-electron chi connectivity index (χ1n) is 10.2. The molecule has 8 nitrogen and oxygen atoms in total. The zero-order valence-corrected chi connectivity index (χ0v) is 19.7. The molecule has 1 N–H and O–H groups in total. The second-order valence-corrected chi connectivity index (χ2v) is 9.60. The number of carbonyl (C=O) groups is 1. The minimum absolute atomic E-state index is 0.129. The van der Waals surface area contributed by atoms with Crippen LogP contribution in [0.4, 0.5) is 5.13 Å². The predicted octanol–water partition coefficient (Wildman–Crippen LogP) is 4.19. The van der Waals surface area contributed by atoms with Gasteiger partial charge in [0.15, 0.2) is 10.3 Å². The van der Waals surface area contributed by atoms with E-state index in [9.17, 15) is 9.59 Å². The lowest BCUT2D eigenvalue weighted by Crippen LogP contribution is -2.22. The Morgan fingerprint density at radius 2 is 2.06 bits per heavy atom. The SMILES string of the molecule is C=CCn1c(=O)c2ccccc2n2c(SCC(=O)Nc3nc4c(C)cc(C)cc4s3)nnc12. The van der Waals surface area contributed by atoms with Gasteiger partial charge in [-0.05, 0) is 43.2 Å². The molecule has 0 fully saturated rings. The fraction of sp³-hybridized carbons (Fsp3) is 0.174. The van der Waals surface area contributed by atoms with E-state index < -0.39 is 0 Å². The van der Waals surface area contributed by atoms with Gasteiger partial charge in [-0.1, -0.05) is 47.4 Å². The Balaban J connectivity index is 1.43. The number of amides is 1. The van der Waals surface area contributed by atoms with Crippen LogP contribution in [0.3, 0.4) is 0 Å². The summed E-state index contributed by atoms with van der Waals surface area (Å²) in [6.45, 7) is 8.11. The van der Waals surface area contributed by atoms with Crippen LogP contribution in [0.5, 0.6) is 0 Å². The van der Waals surface area contributed by atoms with E-state index in [1.54, 1.807) is 12.1 Å². The highest BCUT2D eigenvalue weighted by atomic mass is 32.2. The van der Waals surface area contributed by atoms with E-state index in [0.717, 1.165) is 21.3 Å². The predicted molar refractivity (Wildman–Crippen MR) is 133 cm³/mol. The van der Waals surface area contributed by atoms with Gasteiger partial charge in [-0.25, -0.2) is 4.98 Å². The lowest BCUT2D eigenvalue weighted by molar-refractivity contribution is -0.113. The third kappa shape index (κ3) is 3.81. The molecule has 0 unspecified atom stereocenters. The van der Waals surface area contributed by atoms with E-state index in [2.05, 4.69) is 39.2 Å². The molecule has 0 saturated carbocycles. The summed E-state index contributed by atoms with van der Waals surface area (Å²) in [4.78, 5) is 30.1. The van der Waals surface area contributed by atoms with E-state index >= 15 is 0 Å². The second kappa shape index (κ2) is 8.45. The Morgan fingerprint density at radius 3 is 2.88 bits per heavy atom. The fourth-order valence-electron chi connectivity index (χ4n) is 3.83. The lowest BCUT2D eigenvalue weighted by Gasteiger charge is -2.09. The number of thiazole rings is 1. The van der Waals surface area contributed by atoms with Gasteiger partial charge in [0.1, 0.15) is 0 Å². The molecule has 2 aromatic carbocycles. The van der Waals surface area contributed by atoms with Crippen molar-refractivity contribution in [3.8, 4) is 0 Å².